The number of piperidine rings is 1. The van der Waals surface area contributed by atoms with Crippen molar-refractivity contribution in [1.82, 2.24) is 4.90 Å². The number of hydrogen-bond acceptors (Lipinski definition) is 4. The maximum absolute atomic E-state index is 12.2. The third-order valence-electron chi connectivity index (χ3n) is 4.12. The van der Waals surface area contributed by atoms with Crippen LogP contribution in [-0.4, -0.2) is 48.7 Å². The molecule has 1 N–H and O–H groups in total. The summed E-state index contributed by atoms with van der Waals surface area (Å²) in [6.07, 6.45) is 5.86. The summed E-state index contributed by atoms with van der Waals surface area (Å²) in [5.41, 5.74) is 0.816. The Morgan fingerprint density at radius 3 is 2.64 bits per heavy atom. The second-order valence-corrected chi connectivity index (χ2v) is 5.78. The van der Waals surface area contributed by atoms with Gasteiger partial charge >= 0.3 is 5.97 Å². The Bertz CT molecular complexity index is 660. The zero-order chi connectivity index (χ0) is 18.2. The SMILES string of the molecule is C=CCOc1ccc(/C=C/C(=O)N2CCC(C(=O)O)CC2)cc1OC. The Hall–Kier alpha value is -2.76. The van der Waals surface area contributed by atoms with Gasteiger partial charge in [0.2, 0.25) is 5.91 Å². The summed E-state index contributed by atoms with van der Waals surface area (Å²) in [5, 5.41) is 9.00. The Morgan fingerprint density at radius 2 is 2.04 bits per heavy atom. The fourth-order valence-electron chi connectivity index (χ4n) is 2.68. The third kappa shape index (κ3) is 5.11. The average molecular weight is 345 g/mol. The van der Waals surface area contributed by atoms with E-state index in [1.807, 2.05) is 6.07 Å². The molecule has 0 aliphatic carbocycles. The van der Waals surface area contributed by atoms with Crippen LogP contribution >= 0.6 is 0 Å². The number of nitrogens with zero attached hydrogens (tertiary/aromatic N) is 1. The topological polar surface area (TPSA) is 76.1 Å². The van der Waals surface area contributed by atoms with Crippen LogP contribution in [0.1, 0.15) is 18.4 Å². The maximum atomic E-state index is 12.2. The van der Waals surface area contributed by atoms with Gasteiger partial charge in [-0.2, -0.15) is 0 Å². The number of amides is 1. The van der Waals surface area contributed by atoms with E-state index in [-0.39, 0.29) is 11.8 Å². The van der Waals surface area contributed by atoms with Gasteiger partial charge in [0.1, 0.15) is 6.61 Å². The highest BCUT2D eigenvalue weighted by Gasteiger charge is 2.25. The molecule has 0 saturated carbocycles. The van der Waals surface area contributed by atoms with Crippen molar-refractivity contribution in [2.75, 3.05) is 26.8 Å². The van der Waals surface area contributed by atoms with Gasteiger partial charge in [0.25, 0.3) is 0 Å². The molecule has 6 heteroatoms. The number of rotatable bonds is 7. The van der Waals surface area contributed by atoms with Gasteiger partial charge in [-0.25, -0.2) is 0 Å². The van der Waals surface area contributed by atoms with Crippen LogP contribution in [-0.2, 0) is 9.59 Å². The molecule has 0 unspecified atom stereocenters. The van der Waals surface area contributed by atoms with Crippen LogP contribution in [0.25, 0.3) is 6.08 Å². The minimum Gasteiger partial charge on any atom is -0.493 e. The molecule has 1 aliphatic heterocycles. The molecule has 2 rings (SSSR count). The van der Waals surface area contributed by atoms with Crippen LogP contribution in [0, 0.1) is 5.92 Å². The molecule has 1 aromatic carbocycles. The number of carboxylic acid groups (broad SMARTS) is 1. The Labute approximate surface area is 147 Å². The smallest absolute Gasteiger partial charge is 0.306 e. The number of ether oxygens (including phenoxy) is 2. The third-order valence-corrected chi connectivity index (χ3v) is 4.12. The standard InChI is InChI=1S/C19H23NO5/c1-3-12-25-16-6-4-14(13-17(16)24-2)5-7-18(21)20-10-8-15(9-11-20)19(22)23/h3-7,13,15H,1,8-12H2,2H3,(H,22,23)/b7-5+. The number of aliphatic carboxylic acids is 1. The largest absolute Gasteiger partial charge is 0.493 e. The van der Waals surface area contributed by atoms with Crippen molar-refractivity contribution in [2.24, 2.45) is 5.92 Å². The average Bonchev–Trinajstić information content (AvgIpc) is 2.64. The normalized spacial score (nSPS) is 15.2. The van der Waals surface area contributed by atoms with E-state index in [2.05, 4.69) is 6.58 Å². The molecular formula is C19H23NO5. The number of methoxy groups -OCH3 is 1. The van der Waals surface area contributed by atoms with Crippen molar-refractivity contribution in [1.29, 1.82) is 0 Å². The second kappa shape index (κ2) is 8.92. The van der Waals surface area contributed by atoms with Crippen molar-refractivity contribution in [3.05, 3.63) is 42.5 Å². The minimum atomic E-state index is -0.784. The van der Waals surface area contributed by atoms with Gasteiger partial charge in [-0.15, -0.1) is 0 Å². The summed E-state index contributed by atoms with van der Waals surface area (Å²) in [4.78, 5) is 24.9. The van der Waals surface area contributed by atoms with E-state index in [9.17, 15) is 9.59 Å². The first-order valence-electron chi connectivity index (χ1n) is 8.16. The molecule has 25 heavy (non-hydrogen) atoms. The van der Waals surface area contributed by atoms with Crippen LogP contribution in [0.5, 0.6) is 11.5 Å². The van der Waals surface area contributed by atoms with Crippen LogP contribution in [0.4, 0.5) is 0 Å². The molecule has 134 valence electrons. The fraction of sp³-hybridized carbons (Fsp3) is 0.368. The van der Waals surface area contributed by atoms with Crippen LogP contribution in [0.3, 0.4) is 0 Å². The zero-order valence-electron chi connectivity index (χ0n) is 14.3. The molecule has 1 fully saturated rings. The van der Waals surface area contributed by atoms with E-state index in [4.69, 9.17) is 14.6 Å². The summed E-state index contributed by atoms with van der Waals surface area (Å²) < 4.78 is 10.8. The highest BCUT2D eigenvalue weighted by molar-refractivity contribution is 5.92. The Balaban J connectivity index is 1.98. The van der Waals surface area contributed by atoms with E-state index >= 15 is 0 Å². The van der Waals surface area contributed by atoms with Crippen LogP contribution < -0.4 is 9.47 Å². The number of likely N-dealkylation sites (tertiary alicyclic amines) is 1. The highest BCUT2D eigenvalue weighted by atomic mass is 16.5. The molecule has 0 spiro atoms. The molecule has 0 bridgehead atoms. The lowest BCUT2D eigenvalue weighted by atomic mass is 9.97. The van der Waals surface area contributed by atoms with Gasteiger partial charge in [-0.1, -0.05) is 18.7 Å². The molecule has 1 heterocycles. The van der Waals surface area contributed by atoms with Crippen molar-refractivity contribution >= 4 is 18.0 Å². The summed E-state index contributed by atoms with van der Waals surface area (Å²) in [7, 11) is 1.56. The monoisotopic (exact) mass is 345 g/mol. The highest BCUT2D eigenvalue weighted by Crippen LogP contribution is 2.28. The van der Waals surface area contributed by atoms with Crippen molar-refractivity contribution in [3.8, 4) is 11.5 Å². The maximum Gasteiger partial charge on any atom is 0.306 e. The van der Waals surface area contributed by atoms with E-state index in [1.165, 1.54) is 6.08 Å². The van der Waals surface area contributed by atoms with Crippen molar-refractivity contribution < 1.29 is 24.2 Å². The number of hydrogen-bond donors (Lipinski definition) is 1. The molecule has 0 aromatic heterocycles. The lowest BCUT2D eigenvalue weighted by Gasteiger charge is -2.29. The Kier molecular flexibility index (Phi) is 6.62. The quantitative estimate of drug-likeness (QED) is 0.607. The van der Waals surface area contributed by atoms with Crippen molar-refractivity contribution in [3.63, 3.8) is 0 Å². The van der Waals surface area contributed by atoms with E-state index < -0.39 is 5.97 Å². The predicted molar refractivity (Wildman–Crippen MR) is 94.7 cm³/mol. The van der Waals surface area contributed by atoms with Gasteiger partial charge in [-0.05, 0) is 36.6 Å². The van der Waals surface area contributed by atoms with Gasteiger partial charge in [0.15, 0.2) is 11.5 Å². The van der Waals surface area contributed by atoms with Crippen molar-refractivity contribution in [2.45, 2.75) is 12.8 Å². The van der Waals surface area contributed by atoms with Gasteiger partial charge in [0.05, 0.1) is 13.0 Å². The summed E-state index contributed by atoms with van der Waals surface area (Å²) in [6.45, 7) is 4.93. The van der Waals surface area contributed by atoms with Crippen LogP contribution in [0.2, 0.25) is 0 Å². The van der Waals surface area contributed by atoms with Gasteiger partial charge in [0, 0.05) is 19.2 Å². The summed E-state index contributed by atoms with van der Waals surface area (Å²) in [5.74, 6) is -0.0518. The first kappa shape index (κ1) is 18.6. The van der Waals surface area contributed by atoms with Gasteiger partial charge < -0.3 is 19.5 Å². The summed E-state index contributed by atoms with van der Waals surface area (Å²) >= 11 is 0. The molecule has 1 aliphatic rings. The fourth-order valence-corrected chi connectivity index (χ4v) is 2.68. The van der Waals surface area contributed by atoms with Crippen LogP contribution in [0.15, 0.2) is 36.9 Å². The number of carbonyl (C=O) groups is 2. The number of carbonyl (C=O) groups excluding carboxylic acids is 1. The Morgan fingerprint density at radius 1 is 1.32 bits per heavy atom. The molecule has 1 amide bonds. The molecule has 1 aromatic rings. The molecule has 1 saturated heterocycles. The molecular weight excluding hydrogens is 322 g/mol. The first-order chi connectivity index (χ1) is 12.0. The second-order valence-electron chi connectivity index (χ2n) is 5.78. The lowest BCUT2D eigenvalue weighted by Crippen LogP contribution is -2.39. The summed E-state index contributed by atoms with van der Waals surface area (Å²) in [6, 6.07) is 5.41. The predicted octanol–water partition coefficient (Wildman–Crippen LogP) is 2.60. The number of carboxylic acids is 1. The van der Waals surface area contributed by atoms with E-state index in [1.54, 1.807) is 36.3 Å². The van der Waals surface area contributed by atoms with E-state index in [0.29, 0.717) is 44.0 Å². The minimum absolute atomic E-state index is 0.116. The van der Waals surface area contributed by atoms with E-state index in [0.717, 1.165) is 5.56 Å². The molecule has 0 atom stereocenters. The number of benzene rings is 1. The molecule has 6 nitrogen and oxygen atoms in total. The molecule has 0 radical (unpaired) electrons. The zero-order valence-corrected chi connectivity index (χ0v) is 14.3. The first-order valence-corrected chi connectivity index (χ1v) is 8.16. The van der Waals surface area contributed by atoms with Gasteiger partial charge in [-0.3, -0.25) is 9.59 Å². The lowest BCUT2D eigenvalue weighted by molar-refractivity contribution is -0.144.